The van der Waals surface area contributed by atoms with Crippen LogP contribution < -0.4 is 10.9 Å². The standard InChI is InChI=1S/C30H14O2.BrH/c31-29-19-7-3-1-5-17(19)23-13-15-9-12-22-28-24(18-6-2-4-8-20(18)30(22)32)14-16-10-11-21(29)27(23)25(16)26(15)28;/h1-14H;1H. The molecule has 0 aliphatic carbocycles. The topological polar surface area (TPSA) is 34.1 Å². The van der Waals surface area contributed by atoms with Gasteiger partial charge in [0.25, 0.3) is 0 Å². The van der Waals surface area contributed by atoms with E-state index in [2.05, 4.69) is 24.3 Å². The monoisotopic (exact) mass is 486 g/mol. The molecule has 0 radical (unpaired) electrons. The van der Waals surface area contributed by atoms with E-state index in [0.717, 1.165) is 75.4 Å². The average Bonchev–Trinajstić information content (AvgIpc) is 2.85. The summed E-state index contributed by atoms with van der Waals surface area (Å²) in [6.45, 7) is 0. The number of hydrogen-bond acceptors (Lipinski definition) is 2. The van der Waals surface area contributed by atoms with Gasteiger partial charge in [-0.3, -0.25) is 9.59 Å². The Labute approximate surface area is 197 Å². The van der Waals surface area contributed by atoms with Crippen LogP contribution in [-0.2, 0) is 0 Å². The predicted octanol–water partition coefficient (Wildman–Crippen LogP) is 7.37. The summed E-state index contributed by atoms with van der Waals surface area (Å²) in [7, 11) is 0. The molecule has 0 spiro atoms. The first-order valence-corrected chi connectivity index (χ1v) is 10.8. The Morgan fingerprint density at radius 2 is 0.758 bits per heavy atom. The van der Waals surface area contributed by atoms with Gasteiger partial charge in [-0.2, -0.15) is 0 Å². The first-order chi connectivity index (χ1) is 15.7. The maximum absolute atomic E-state index is 13.4. The van der Waals surface area contributed by atoms with E-state index in [1.165, 1.54) is 0 Å². The van der Waals surface area contributed by atoms with Gasteiger partial charge < -0.3 is 0 Å². The van der Waals surface area contributed by atoms with Crippen molar-refractivity contribution in [2.75, 3.05) is 0 Å². The Kier molecular flexibility index (Phi) is 3.49. The maximum atomic E-state index is 13.4. The normalized spacial score (nSPS) is 12.2. The van der Waals surface area contributed by atoms with Gasteiger partial charge in [0.2, 0.25) is 0 Å². The lowest BCUT2D eigenvalue weighted by Gasteiger charge is -2.18. The molecule has 0 saturated carbocycles. The van der Waals surface area contributed by atoms with Gasteiger partial charge in [-0.15, -0.1) is 17.0 Å². The van der Waals surface area contributed by atoms with Crippen molar-refractivity contribution in [3.8, 4) is 0 Å². The minimum atomic E-state index is 0. The fourth-order valence-corrected chi connectivity index (χ4v) is 5.96. The van der Waals surface area contributed by atoms with Crippen molar-refractivity contribution >= 4 is 92.4 Å². The summed E-state index contributed by atoms with van der Waals surface area (Å²) in [6.07, 6.45) is 0. The fourth-order valence-electron chi connectivity index (χ4n) is 5.96. The van der Waals surface area contributed by atoms with Crippen molar-refractivity contribution in [2.24, 2.45) is 0 Å². The van der Waals surface area contributed by atoms with Crippen molar-refractivity contribution in [3.63, 3.8) is 0 Å². The predicted molar refractivity (Wildman–Crippen MR) is 145 cm³/mol. The summed E-state index contributed by atoms with van der Waals surface area (Å²) < 4.78 is 0. The molecular weight excluding hydrogens is 472 g/mol. The van der Waals surface area contributed by atoms with Gasteiger partial charge in [0, 0.05) is 32.3 Å². The smallest absolute Gasteiger partial charge is 0.194 e. The van der Waals surface area contributed by atoms with Crippen LogP contribution in [0.1, 0.15) is 0 Å². The third-order valence-electron chi connectivity index (χ3n) is 7.28. The SMILES string of the molecule is Br.O=c1c2ccccc2c2cc3ccc4c(=O)c5ccccc5c5cc6ccc1c2c6c3c45. The molecule has 8 aromatic rings. The minimum absolute atomic E-state index is 0. The van der Waals surface area contributed by atoms with E-state index in [1.807, 2.05) is 60.7 Å². The molecule has 0 bridgehead atoms. The van der Waals surface area contributed by atoms with E-state index in [4.69, 9.17) is 0 Å². The molecule has 0 amide bonds. The molecular formula is C30H15BrO2. The number of fused-ring (bicyclic) bond motifs is 4. The van der Waals surface area contributed by atoms with Crippen LogP contribution in [0.4, 0.5) is 0 Å². The zero-order valence-corrected chi connectivity index (χ0v) is 19.0. The molecule has 0 fully saturated rings. The van der Waals surface area contributed by atoms with Crippen LogP contribution in [0.15, 0.2) is 94.5 Å². The molecule has 0 aromatic heterocycles. The number of hydrogen-bond donors (Lipinski definition) is 0. The highest BCUT2D eigenvalue weighted by atomic mass is 79.9. The minimum Gasteiger partial charge on any atom is -0.289 e. The lowest BCUT2D eigenvalue weighted by molar-refractivity contribution is 1.72. The second-order valence-corrected chi connectivity index (χ2v) is 8.77. The molecule has 0 heterocycles. The average molecular weight is 487 g/mol. The third kappa shape index (κ3) is 2.09. The van der Waals surface area contributed by atoms with Gasteiger partial charge in [0.05, 0.1) is 0 Å². The molecule has 3 heteroatoms. The summed E-state index contributed by atoms with van der Waals surface area (Å²) >= 11 is 0. The van der Waals surface area contributed by atoms with E-state index in [-0.39, 0.29) is 27.8 Å². The Morgan fingerprint density at radius 3 is 1.18 bits per heavy atom. The first-order valence-electron chi connectivity index (χ1n) is 10.8. The van der Waals surface area contributed by atoms with Gasteiger partial charge >= 0.3 is 0 Å². The summed E-state index contributed by atoms with van der Waals surface area (Å²) in [4.78, 5) is 26.8. The van der Waals surface area contributed by atoms with Gasteiger partial charge in [-0.05, 0) is 67.4 Å². The Hall–Kier alpha value is -3.82. The van der Waals surface area contributed by atoms with Crippen LogP contribution in [0.3, 0.4) is 0 Å². The Morgan fingerprint density at radius 1 is 0.364 bits per heavy atom. The molecule has 0 aliphatic heterocycles. The van der Waals surface area contributed by atoms with Crippen LogP contribution in [0.25, 0.3) is 75.4 Å². The highest BCUT2D eigenvalue weighted by Crippen LogP contribution is 2.45. The van der Waals surface area contributed by atoms with Crippen molar-refractivity contribution < 1.29 is 0 Å². The largest absolute Gasteiger partial charge is 0.289 e. The number of rotatable bonds is 0. The van der Waals surface area contributed by atoms with Crippen molar-refractivity contribution in [3.05, 3.63) is 105 Å². The van der Waals surface area contributed by atoms with Crippen LogP contribution in [0.2, 0.25) is 0 Å². The van der Waals surface area contributed by atoms with E-state index in [9.17, 15) is 9.59 Å². The first kappa shape index (κ1) is 18.7. The molecule has 8 rings (SSSR count). The zero-order valence-electron chi connectivity index (χ0n) is 17.3. The molecule has 0 unspecified atom stereocenters. The summed E-state index contributed by atoms with van der Waals surface area (Å²) in [5.41, 5.74) is 0.139. The molecule has 33 heavy (non-hydrogen) atoms. The van der Waals surface area contributed by atoms with Gasteiger partial charge in [0.15, 0.2) is 10.9 Å². The van der Waals surface area contributed by atoms with Crippen molar-refractivity contribution in [1.29, 1.82) is 0 Å². The second kappa shape index (κ2) is 6.15. The lowest BCUT2D eigenvalue weighted by atomic mass is 9.84. The van der Waals surface area contributed by atoms with E-state index in [0.29, 0.717) is 0 Å². The molecule has 2 nitrogen and oxygen atoms in total. The molecule has 0 atom stereocenters. The maximum Gasteiger partial charge on any atom is 0.194 e. The third-order valence-corrected chi connectivity index (χ3v) is 7.28. The van der Waals surface area contributed by atoms with Crippen LogP contribution in [-0.4, -0.2) is 0 Å². The van der Waals surface area contributed by atoms with Gasteiger partial charge in [-0.1, -0.05) is 60.7 Å². The number of halogens is 1. The van der Waals surface area contributed by atoms with Crippen molar-refractivity contribution in [2.45, 2.75) is 0 Å². The molecule has 0 aliphatic rings. The summed E-state index contributed by atoms with van der Waals surface area (Å²) in [5.74, 6) is 0. The van der Waals surface area contributed by atoms with Gasteiger partial charge in [0.1, 0.15) is 0 Å². The zero-order chi connectivity index (χ0) is 21.1. The van der Waals surface area contributed by atoms with E-state index in [1.54, 1.807) is 0 Å². The summed E-state index contributed by atoms with van der Waals surface area (Å²) in [5, 5.41) is 13.6. The van der Waals surface area contributed by atoms with Crippen LogP contribution in [0.5, 0.6) is 0 Å². The van der Waals surface area contributed by atoms with E-state index >= 15 is 0 Å². The lowest BCUT2D eigenvalue weighted by Crippen LogP contribution is -2.06. The second-order valence-electron chi connectivity index (χ2n) is 8.77. The quantitative estimate of drug-likeness (QED) is 0.165. The van der Waals surface area contributed by atoms with Crippen LogP contribution in [0, 0.1) is 0 Å². The highest BCUT2D eigenvalue weighted by molar-refractivity contribution is 8.93. The molecule has 154 valence electrons. The van der Waals surface area contributed by atoms with Crippen molar-refractivity contribution in [1.82, 2.24) is 0 Å². The number of benzene rings is 8. The highest BCUT2D eigenvalue weighted by Gasteiger charge is 2.21. The molecule has 8 aromatic carbocycles. The van der Waals surface area contributed by atoms with Crippen LogP contribution >= 0.6 is 17.0 Å². The van der Waals surface area contributed by atoms with Gasteiger partial charge in [-0.25, -0.2) is 0 Å². The Balaban J connectivity index is 0.00000190. The van der Waals surface area contributed by atoms with E-state index < -0.39 is 0 Å². The molecule has 0 N–H and O–H groups in total. The Bertz CT molecular complexity index is 2020. The summed E-state index contributed by atoms with van der Waals surface area (Å²) in [6, 6.07) is 28.2. The fraction of sp³-hybridized carbons (Fsp3) is 0. The molecule has 0 saturated heterocycles.